The first-order chi connectivity index (χ1) is 15.7. The summed E-state index contributed by atoms with van der Waals surface area (Å²) >= 11 is 0. The van der Waals surface area contributed by atoms with E-state index in [2.05, 4.69) is 27.3 Å². The van der Waals surface area contributed by atoms with Crippen molar-refractivity contribution in [3.63, 3.8) is 0 Å². The molecule has 1 saturated heterocycles. The third-order valence-electron chi connectivity index (χ3n) is 6.53. The summed E-state index contributed by atoms with van der Waals surface area (Å²) in [6.45, 7) is 3.23. The molecule has 2 fully saturated rings. The highest BCUT2D eigenvalue weighted by atomic mass is 16.1. The van der Waals surface area contributed by atoms with E-state index in [-0.39, 0.29) is 5.91 Å². The number of benzene rings is 2. The van der Waals surface area contributed by atoms with Crippen LogP contribution in [-0.2, 0) is 13.0 Å². The molecule has 1 saturated carbocycles. The van der Waals surface area contributed by atoms with Crippen molar-refractivity contribution in [3.8, 4) is 0 Å². The van der Waals surface area contributed by atoms with Crippen molar-refractivity contribution in [1.29, 1.82) is 0 Å². The van der Waals surface area contributed by atoms with Gasteiger partial charge in [0.25, 0.3) is 5.91 Å². The van der Waals surface area contributed by atoms with Crippen molar-refractivity contribution in [1.82, 2.24) is 20.2 Å². The number of amides is 1. The largest absolute Gasteiger partial charge is 0.342 e. The Morgan fingerprint density at radius 3 is 2.78 bits per heavy atom. The van der Waals surface area contributed by atoms with E-state index in [9.17, 15) is 4.79 Å². The molecule has 0 atom stereocenters. The van der Waals surface area contributed by atoms with Gasteiger partial charge in [-0.25, -0.2) is 4.98 Å². The van der Waals surface area contributed by atoms with Crippen molar-refractivity contribution < 1.29 is 4.79 Å². The second-order valence-electron chi connectivity index (χ2n) is 9.27. The lowest BCUT2D eigenvalue weighted by Crippen LogP contribution is -2.25. The maximum absolute atomic E-state index is 13.1. The van der Waals surface area contributed by atoms with Gasteiger partial charge in [0.2, 0.25) is 0 Å². The zero-order valence-electron chi connectivity index (χ0n) is 18.6. The number of nitrogens with zero attached hydrogens (tertiary/aromatic N) is 2. The maximum atomic E-state index is 13.1. The molecule has 0 spiro atoms. The number of para-hydroxylation sites is 2. The number of aromatic nitrogens is 2. The summed E-state index contributed by atoms with van der Waals surface area (Å²) in [7, 11) is 0. The summed E-state index contributed by atoms with van der Waals surface area (Å²) in [5.74, 6) is 1.71. The van der Waals surface area contributed by atoms with Crippen LogP contribution in [0.3, 0.4) is 0 Å². The van der Waals surface area contributed by atoms with Gasteiger partial charge in [0.1, 0.15) is 5.82 Å². The van der Waals surface area contributed by atoms with Crippen LogP contribution < -0.4 is 5.32 Å². The Bertz CT molecular complexity index is 1070. The van der Waals surface area contributed by atoms with Crippen LogP contribution >= 0.6 is 0 Å². The summed E-state index contributed by atoms with van der Waals surface area (Å²) in [5.41, 5.74) is 4.84. The minimum absolute atomic E-state index is 0.0398. The molecule has 1 aliphatic carbocycles. The molecule has 5 rings (SSSR count). The van der Waals surface area contributed by atoms with E-state index in [1.807, 2.05) is 42.5 Å². The molecule has 0 radical (unpaired) electrons. The van der Waals surface area contributed by atoms with Crippen LogP contribution in [0.15, 0.2) is 60.3 Å². The average Bonchev–Trinajstić information content (AvgIpc) is 3.30. The summed E-state index contributed by atoms with van der Waals surface area (Å²) in [4.78, 5) is 23.7. The summed E-state index contributed by atoms with van der Waals surface area (Å²) in [6.07, 6.45) is 10.2. The minimum atomic E-state index is -0.0398. The van der Waals surface area contributed by atoms with Crippen LogP contribution in [0.1, 0.15) is 60.3 Å². The molecule has 1 aromatic heterocycles. The molecular formula is C27H32N4O. The molecule has 1 aliphatic heterocycles. The molecule has 2 aromatic carbocycles. The number of hydrogen-bond acceptors (Lipinski definition) is 3. The number of fused-ring (bicyclic) bond motifs is 1. The molecule has 0 unspecified atom stereocenters. The first-order valence-corrected chi connectivity index (χ1v) is 12.0. The number of imidazole rings is 1. The van der Waals surface area contributed by atoms with E-state index in [0.29, 0.717) is 6.42 Å². The number of aromatic amines is 1. The van der Waals surface area contributed by atoms with Gasteiger partial charge in [0, 0.05) is 24.2 Å². The standard InChI is InChI=1S/C27H32N4O/c32-27(22-9-5-8-21(17-22)19-31-15-3-4-16-31)28-23(10-6-7-20-13-14-20)18-26-29-24-11-1-2-12-25(24)30-26/h1-2,5,8-12,17,20H,3-4,6-7,13-16,18-19H2,(H,28,32)(H,29,30)/b23-10+. The van der Waals surface area contributed by atoms with Gasteiger partial charge < -0.3 is 10.3 Å². The second kappa shape index (κ2) is 9.70. The normalized spacial score (nSPS) is 17.2. The SMILES string of the molecule is O=C(N/C(=C/CCC1CC1)Cc1nc2ccccc2[nH]1)c1cccc(CN2CCCC2)c1. The molecular weight excluding hydrogens is 396 g/mol. The highest BCUT2D eigenvalue weighted by Crippen LogP contribution is 2.33. The van der Waals surface area contributed by atoms with E-state index >= 15 is 0 Å². The van der Waals surface area contributed by atoms with E-state index in [4.69, 9.17) is 4.98 Å². The Hall–Kier alpha value is -2.92. The van der Waals surface area contributed by atoms with Gasteiger partial charge >= 0.3 is 0 Å². The molecule has 3 aromatic rings. The number of rotatable bonds is 9. The quantitative estimate of drug-likeness (QED) is 0.492. The smallest absolute Gasteiger partial charge is 0.255 e. The average molecular weight is 429 g/mol. The number of hydrogen-bond donors (Lipinski definition) is 2. The maximum Gasteiger partial charge on any atom is 0.255 e. The Kier molecular flexibility index (Phi) is 6.35. The van der Waals surface area contributed by atoms with E-state index < -0.39 is 0 Å². The molecule has 2 aliphatic rings. The monoisotopic (exact) mass is 428 g/mol. The highest BCUT2D eigenvalue weighted by molar-refractivity contribution is 5.95. The van der Waals surface area contributed by atoms with E-state index in [0.717, 1.165) is 60.1 Å². The van der Waals surface area contributed by atoms with Crippen molar-refractivity contribution in [2.24, 2.45) is 5.92 Å². The Morgan fingerprint density at radius 2 is 1.97 bits per heavy atom. The van der Waals surface area contributed by atoms with Crippen molar-refractivity contribution in [3.05, 3.63) is 77.3 Å². The number of carbonyl (C=O) groups is 1. The van der Waals surface area contributed by atoms with Crippen molar-refractivity contribution in [2.75, 3.05) is 13.1 Å². The Balaban J connectivity index is 1.29. The van der Waals surface area contributed by atoms with Gasteiger partial charge in [-0.1, -0.05) is 43.2 Å². The third kappa shape index (κ3) is 5.46. The molecule has 2 heterocycles. The second-order valence-corrected chi connectivity index (χ2v) is 9.27. The molecule has 2 N–H and O–H groups in total. The zero-order chi connectivity index (χ0) is 21.8. The Morgan fingerprint density at radius 1 is 1.12 bits per heavy atom. The highest BCUT2D eigenvalue weighted by Gasteiger charge is 2.20. The molecule has 32 heavy (non-hydrogen) atoms. The van der Waals surface area contributed by atoms with Gasteiger partial charge in [-0.15, -0.1) is 0 Å². The first-order valence-electron chi connectivity index (χ1n) is 12.0. The van der Waals surface area contributed by atoms with Gasteiger partial charge in [0.05, 0.1) is 11.0 Å². The number of nitrogens with one attached hydrogen (secondary N) is 2. The minimum Gasteiger partial charge on any atom is -0.342 e. The molecule has 166 valence electrons. The lowest BCUT2D eigenvalue weighted by molar-refractivity contribution is 0.0964. The first kappa shape index (κ1) is 21.0. The van der Waals surface area contributed by atoms with Crippen molar-refractivity contribution >= 4 is 16.9 Å². The third-order valence-corrected chi connectivity index (χ3v) is 6.53. The lowest BCUT2D eigenvalue weighted by Gasteiger charge is -2.15. The van der Waals surface area contributed by atoms with Gasteiger partial charge in [0.15, 0.2) is 0 Å². The lowest BCUT2D eigenvalue weighted by atomic mass is 10.1. The van der Waals surface area contributed by atoms with Crippen molar-refractivity contribution in [2.45, 2.75) is 51.5 Å². The van der Waals surface area contributed by atoms with Gasteiger partial charge in [-0.05, 0) is 74.5 Å². The summed E-state index contributed by atoms with van der Waals surface area (Å²) in [5, 5.41) is 3.19. The number of H-pyrrole nitrogens is 1. The summed E-state index contributed by atoms with van der Waals surface area (Å²) in [6, 6.07) is 16.1. The number of allylic oxidation sites excluding steroid dienone is 2. The van der Waals surface area contributed by atoms with Crippen LogP contribution in [0, 0.1) is 5.92 Å². The predicted molar refractivity (Wildman–Crippen MR) is 128 cm³/mol. The van der Waals surface area contributed by atoms with Crippen LogP contribution in [0.5, 0.6) is 0 Å². The fourth-order valence-electron chi connectivity index (χ4n) is 4.56. The number of carbonyl (C=O) groups excluding carboxylic acids is 1. The van der Waals surface area contributed by atoms with E-state index in [1.54, 1.807) is 0 Å². The predicted octanol–water partition coefficient (Wildman–Crippen LogP) is 5.21. The van der Waals surface area contributed by atoms with Crippen LogP contribution in [-0.4, -0.2) is 33.9 Å². The van der Waals surface area contributed by atoms with Crippen LogP contribution in [0.2, 0.25) is 0 Å². The molecule has 5 heteroatoms. The fraction of sp³-hybridized carbons (Fsp3) is 0.407. The van der Waals surface area contributed by atoms with Gasteiger partial charge in [-0.3, -0.25) is 9.69 Å². The van der Waals surface area contributed by atoms with Crippen LogP contribution in [0.4, 0.5) is 0 Å². The molecule has 0 bridgehead atoms. The summed E-state index contributed by atoms with van der Waals surface area (Å²) < 4.78 is 0. The number of likely N-dealkylation sites (tertiary alicyclic amines) is 1. The van der Waals surface area contributed by atoms with Gasteiger partial charge in [-0.2, -0.15) is 0 Å². The molecule has 1 amide bonds. The topological polar surface area (TPSA) is 61.0 Å². The Labute approximate surface area is 189 Å². The van der Waals surface area contributed by atoms with Crippen LogP contribution in [0.25, 0.3) is 11.0 Å². The zero-order valence-corrected chi connectivity index (χ0v) is 18.6. The molecule has 5 nitrogen and oxygen atoms in total. The fourth-order valence-corrected chi connectivity index (χ4v) is 4.56. The van der Waals surface area contributed by atoms with E-state index in [1.165, 1.54) is 37.7 Å².